The van der Waals surface area contributed by atoms with Gasteiger partial charge in [0.25, 0.3) is 0 Å². The Kier molecular flexibility index (Phi) is 3.21. The van der Waals surface area contributed by atoms with Crippen molar-refractivity contribution in [1.29, 1.82) is 0 Å². The van der Waals surface area contributed by atoms with E-state index in [1.807, 2.05) is 0 Å². The van der Waals surface area contributed by atoms with Crippen molar-refractivity contribution in [2.75, 3.05) is 0 Å². The van der Waals surface area contributed by atoms with E-state index in [2.05, 4.69) is 11.8 Å². The Hall–Kier alpha value is -1.40. The highest BCUT2D eigenvalue weighted by molar-refractivity contribution is 5.39. The summed E-state index contributed by atoms with van der Waals surface area (Å²) in [4.78, 5) is 0. The van der Waals surface area contributed by atoms with Crippen molar-refractivity contribution in [3.8, 4) is 11.8 Å². The van der Waals surface area contributed by atoms with Gasteiger partial charge in [-0.25, -0.2) is 8.78 Å². The molecule has 14 heavy (non-hydrogen) atoms. The van der Waals surface area contributed by atoms with Crippen LogP contribution in [-0.4, -0.2) is 6.04 Å². The highest BCUT2D eigenvalue weighted by Crippen LogP contribution is 2.12. The molecule has 1 aromatic carbocycles. The molecule has 1 unspecified atom stereocenters. The number of rotatable bonds is 0. The van der Waals surface area contributed by atoms with Crippen molar-refractivity contribution in [3.05, 3.63) is 34.9 Å². The lowest BCUT2D eigenvalue weighted by atomic mass is 10.1. The largest absolute Gasteiger partial charge is 0.318 e. The maximum Gasteiger partial charge on any atom is 0.141 e. The van der Waals surface area contributed by atoms with Crippen molar-refractivity contribution < 1.29 is 8.78 Å². The van der Waals surface area contributed by atoms with Crippen LogP contribution in [0.5, 0.6) is 0 Å². The number of aryl methyl sites for hydroxylation is 1. The normalized spacial score (nSPS) is 11.8. The van der Waals surface area contributed by atoms with Gasteiger partial charge in [-0.3, -0.25) is 0 Å². The molecule has 0 amide bonds. The number of nitrogens with two attached hydrogens (primary N) is 1. The number of hydrogen-bond acceptors (Lipinski definition) is 1. The van der Waals surface area contributed by atoms with Gasteiger partial charge in [0.2, 0.25) is 0 Å². The van der Waals surface area contributed by atoms with Crippen LogP contribution in [0, 0.1) is 30.4 Å². The lowest BCUT2D eigenvalue weighted by molar-refractivity contribution is 0.575. The molecule has 3 heteroatoms. The third-order valence-corrected chi connectivity index (χ3v) is 1.68. The smallest absolute Gasteiger partial charge is 0.141 e. The molecule has 1 aromatic rings. The second kappa shape index (κ2) is 4.21. The first-order valence-corrected chi connectivity index (χ1v) is 4.23. The highest BCUT2D eigenvalue weighted by atomic mass is 19.1. The maximum absolute atomic E-state index is 13.1. The Balaban J connectivity index is 3.12. The van der Waals surface area contributed by atoms with E-state index < -0.39 is 11.6 Å². The van der Waals surface area contributed by atoms with Crippen LogP contribution < -0.4 is 5.73 Å². The van der Waals surface area contributed by atoms with Gasteiger partial charge in [0, 0.05) is 6.07 Å². The molecule has 0 saturated heterocycles. The molecular formula is C11H11F2N. The average molecular weight is 195 g/mol. The molecule has 1 atom stereocenters. The van der Waals surface area contributed by atoms with Crippen molar-refractivity contribution in [1.82, 2.24) is 0 Å². The van der Waals surface area contributed by atoms with E-state index in [1.54, 1.807) is 13.8 Å². The summed E-state index contributed by atoms with van der Waals surface area (Å²) in [6.45, 7) is 3.26. The number of halogens is 2. The fourth-order valence-electron chi connectivity index (χ4n) is 0.945. The summed E-state index contributed by atoms with van der Waals surface area (Å²) >= 11 is 0. The third-order valence-electron chi connectivity index (χ3n) is 1.68. The molecule has 1 rings (SSSR count). The van der Waals surface area contributed by atoms with E-state index in [1.165, 1.54) is 6.07 Å². The quantitative estimate of drug-likeness (QED) is 0.629. The van der Waals surface area contributed by atoms with Crippen molar-refractivity contribution in [3.63, 3.8) is 0 Å². The first kappa shape index (κ1) is 10.7. The Morgan fingerprint density at radius 3 is 2.50 bits per heavy atom. The SMILES string of the molecule is Cc1cc(C#CC(C)N)c(F)cc1F. The molecule has 74 valence electrons. The molecule has 0 aliphatic heterocycles. The first-order chi connectivity index (χ1) is 6.50. The van der Waals surface area contributed by atoms with Gasteiger partial charge >= 0.3 is 0 Å². The van der Waals surface area contributed by atoms with E-state index in [4.69, 9.17) is 5.73 Å². The van der Waals surface area contributed by atoms with Crippen LogP contribution in [0.3, 0.4) is 0 Å². The topological polar surface area (TPSA) is 26.0 Å². The van der Waals surface area contributed by atoms with Gasteiger partial charge in [0.15, 0.2) is 0 Å². The molecule has 2 N–H and O–H groups in total. The standard InChI is InChI=1S/C11H11F2N/c1-7-5-9(4-3-8(2)14)11(13)6-10(7)12/h5-6,8H,14H2,1-2H3. The number of hydrogen-bond donors (Lipinski definition) is 1. The Morgan fingerprint density at radius 1 is 1.29 bits per heavy atom. The Bertz CT molecular complexity index is 400. The van der Waals surface area contributed by atoms with Crippen molar-refractivity contribution >= 4 is 0 Å². The van der Waals surface area contributed by atoms with E-state index in [0.717, 1.165) is 6.07 Å². The second-order valence-electron chi connectivity index (χ2n) is 3.14. The van der Waals surface area contributed by atoms with Crippen molar-refractivity contribution in [2.24, 2.45) is 5.73 Å². The Morgan fingerprint density at radius 2 is 1.93 bits per heavy atom. The predicted octanol–water partition coefficient (Wildman–Crippen LogP) is 1.97. The summed E-state index contributed by atoms with van der Waals surface area (Å²) < 4.78 is 25.9. The highest BCUT2D eigenvalue weighted by Gasteiger charge is 2.04. The predicted molar refractivity (Wildman–Crippen MR) is 51.6 cm³/mol. The zero-order valence-electron chi connectivity index (χ0n) is 8.07. The zero-order chi connectivity index (χ0) is 10.7. The van der Waals surface area contributed by atoms with Crippen LogP contribution in [0.4, 0.5) is 8.78 Å². The van der Waals surface area contributed by atoms with Gasteiger partial charge in [-0.1, -0.05) is 11.8 Å². The lowest BCUT2D eigenvalue weighted by Crippen LogP contribution is -2.11. The molecule has 0 aliphatic rings. The van der Waals surface area contributed by atoms with Gasteiger partial charge in [-0.15, -0.1) is 0 Å². The minimum atomic E-state index is -0.652. The summed E-state index contributed by atoms with van der Waals surface area (Å²) in [6.07, 6.45) is 0. The van der Waals surface area contributed by atoms with Crippen LogP contribution in [0.25, 0.3) is 0 Å². The maximum atomic E-state index is 13.1. The molecule has 0 saturated carbocycles. The van der Waals surface area contributed by atoms with Crippen LogP contribution in [0.15, 0.2) is 12.1 Å². The summed E-state index contributed by atoms with van der Waals surface area (Å²) in [6, 6.07) is 1.89. The molecule has 0 aromatic heterocycles. The number of benzene rings is 1. The average Bonchev–Trinajstić information content (AvgIpc) is 2.09. The lowest BCUT2D eigenvalue weighted by Gasteiger charge is -1.99. The summed E-state index contributed by atoms with van der Waals surface area (Å²) in [5.41, 5.74) is 5.95. The second-order valence-corrected chi connectivity index (χ2v) is 3.14. The fraction of sp³-hybridized carbons (Fsp3) is 0.273. The van der Waals surface area contributed by atoms with Gasteiger partial charge < -0.3 is 5.73 Å². The van der Waals surface area contributed by atoms with Crippen molar-refractivity contribution in [2.45, 2.75) is 19.9 Å². The summed E-state index contributed by atoms with van der Waals surface area (Å²) in [5, 5.41) is 0. The molecule has 0 spiro atoms. The minimum Gasteiger partial charge on any atom is -0.318 e. The van der Waals surface area contributed by atoms with Gasteiger partial charge in [0.1, 0.15) is 11.6 Å². The van der Waals surface area contributed by atoms with Crippen LogP contribution in [0.2, 0.25) is 0 Å². The molecule has 0 fully saturated rings. The molecule has 0 heterocycles. The van der Waals surface area contributed by atoms with Crippen LogP contribution in [-0.2, 0) is 0 Å². The summed E-state index contributed by atoms with van der Waals surface area (Å²) in [7, 11) is 0. The Labute approximate surface area is 81.9 Å². The molecular weight excluding hydrogens is 184 g/mol. The van der Waals surface area contributed by atoms with E-state index in [9.17, 15) is 8.78 Å². The van der Waals surface area contributed by atoms with Gasteiger partial charge in [-0.05, 0) is 25.5 Å². The van der Waals surface area contributed by atoms with Crippen LogP contribution in [0.1, 0.15) is 18.1 Å². The monoisotopic (exact) mass is 195 g/mol. The fourth-order valence-corrected chi connectivity index (χ4v) is 0.945. The third kappa shape index (κ3) is 2.54. The summed E-state index contributed by atoms with van der Waals surface area (Å²) in [5.74, 6) is 3.97. The molecule has 0 bridgehead atoms. The van der Waals surface area contributed by atoms with E-state index >= 15 is 0 Å². The molecule has 0 aliphatic carbocycles. The molecule has 0 radical (unpaired) electrons. The first-order valence-electron chi connectivity index (χ1n) is 4.23. The van der Waals surface area contributed by atoms with Gasteiger partial charge in [0.05, 0.1) is 11.6 Å². The molecule has 1 nitrogen and oxygen atoms in total. The van der Waals surface area contributed by atoms with E-state index in [0.29, 0.717) is 5.56 Å². The zero-order valence-corrected chi connectivity index (χ0v) is 8.07. The minimum absolute atomic E-state index is 0.182. The van der Waals surface area contributed by atoms with Crippen LogP contribution >= 0.6 is 0 Å². The van der Waals surface area contributed by atoms with E-state index in [-0.39, 0.29) is 11.6 Å². The van der Waals surface area contributed by atoms with Gasteiger partial charge in [-0.2, -0.15) is 0 Å².